The first-order valence-electron chi connectivity index (χ1n) is 8.30. The van der Waals surface area contributed by atoms with E-state index in [0.717, 1.165) is 17.8 Å². The Balaban J connectivity index is 2.27. The van der Waals surface area contributed by atoms with Crippen LogP contribution >= 0.6 is 0 Å². The van der Waals surface area contributed by atoms with Gasteiger partial charge in [-0.05, 0) is 63.7 Å². The topological polar surface area (TPSA) is 0 Å². The standard InChI is InChI=1S/C20H30/c1-12-13-8-9-14(13)18-16(20(5,6)7)11-10-15(17(12)18)19(2,3)4/h10-14H,8-9H2,1-7H3. The molecule has 3 atom stereocenters. The second kappa shape index (κ2) is 4.12. The van der Waals surface area contributed by atoms with Crippen molar-refractivity contribution in [3.8, 4) is 0 Å². The summed E-state index contributed by atoms with van der Waals surface area (Å²) in [5.41, 5.74) is 7.21. The summed E-state index contributed by atoms with van der Waals surface area (Å²) in [5.74, 6) is 2.55. The van der Waals surface area contributed by atoms with Gasteiger partial charge in [-0.2, -0.15) is 0 Å². The Bertz CT molecular complexity index is 493. The molecule has 0 aromatic heterocycles. The van der Waals surface area contributed by atoms with Crippen molar-refractivity contribution >= 4 is 0 Å². The Morgan fingerprint density at radius 3 is 1.70 bits per heavy atom. The molecule has 0 radical (unpaired) electrons. The quantitative estimate of drug-likeness (QED) is 0.551. The highest BCUT2D eigenvalue weighted by Gasteiger charge is 2.47. The lowest BCUT2D eigenvalue weighted by molar-refractivity contribution is 0.246. The maximum Gasteiger partial charge on any atom is -0.0122 e. The molecule has 0 N–H and O–H groups in total. The number of hydrogen-bond donors (Lipinski definition) is 0. The minimum atomic E-state index is 0.262. The summed E-state index contributed by atoms with van der Waals surface area (Å²) in [6.45, 7) is 16.7. The van der Waals surface area contributed by atoms with E-state index >= 15 is 0 Å². The van der Waals surface area contributed by atoms with Crippen molar-refractivity contribution in [3.05, 3.63) is 34.4 Å². The van der Waals surface area contributed by atoms with Crippen molar-refractivity contribution in [1.82, 2.24) is 0 Å². The smallest absolute Gasteiger partial charge is 0.0122 e. The summed E-state index contributed by atoms with van der Waals surface area (Å²) in [5, 5.41) is 0. The van der Waals surface area contributed by atoms with E-state index in [9.17, 15) is 0 Å². The van der Waals surface area contributed by atoms with E-state index in [-0.39, 0.29) is 10.8 Å². The molecule has 0 spiro atoms. The molecule has 0 saturated heterocycles. The normalized spacial score (nSPS) is 28.9. The van der Waals surface area contributed by atoms with Gasteiger partial charge in [-0.1, -0.05) is 60.6 Å². The van der Waals surface area contributed by atoms with Crippen molar-refractivity contribution in [2.24, 2.45) is 5.92 Å². The Hall–Kier alpha value is -0.780. The first kappa shape index (κ1) is 14.2. The molecule has 0 heteroatoms. The molecule has 1 saturated carbocycles. The van der Waals surface area contributed by atoms with E-state index in [1.54, 1.807) is 22.3 Å². The zero-order valence-electron chi connectivity index (χ0n) is 14.3. The molecule has 20 heavy (non-hydrogen) atoms. The second-order valence-corrected chi connectivity index (χ2v) is 9.12. The molecule has 0 amide bonds. The van der Waals surface area contributed by atoms with Crippen LogP contribution in [0.1, 0.15) is 95.4 Å². The fourth-order valence-electron chi connectivity index (χ4n) is 4.53. The van der Waals surface area contributed by atoms with Crippen LogP contribution in [0, 0.1) is 5.92 Å². The van der Waals surface area contributed by atoms with Gasteiger partial charge < -0.3 is 0 Å². The van der Waals surface area contributed by atoms with E-state index in [1.807, 2.05) is 0 Å². The molecule has 1 aromatic carbocycles. The average Bonchev–Trinajstić information content (AvgIpc) is 2.41. The third-order valence-corrected chi connectivity index (χ3v) is 5.70. The van der Waals surface area contributed by atoms with Crippen molar-refractivity contribution < 1.29 is 0 Å². The van der Waals surface area contributed by atoms with Crippen LogP contribution in [0.5, 0.6) is 0 Å². The lowest BCUT2D eigenvalue weighted by Gasteiger charge is -2.35. The van der Waals surface area contributed by atoms with Gasteiger partial charge in [0, 0.05) is 0 Å². The third kappa shape index (κ3) is 1.87. The van der Waals surface area contributed by atoms with E-state index in [0.29, 0.717) is 0 Å². The first-order valence-corrected chi connectivity index (χ1v) is 8.30. The summed E-state index contributed by atoms with van der Waals surface area (Å²) in [6, 6.07) is 4.87. The van der Waals surface area contributed by atoms with Crippen LogP contribution in [-0.2, 0) is 10.8 Å². The largest absolute Gasteiger partial charge is 0.0581 e. The first-order chi connectivity index (χ1) is 9.12. The van der Waals surface area contributed by atoms with Gasteiger partial charge >= 0.3 is 0 Å². The molecule has 0 heterocycles. The van der Waals surface area contributed by atoms with E-state index in [4.69, 9.17) is 0 Å². The minimum Gasteiger partial charge on any atom is -0.0581 e. The van der Waals surface area contributed by atoms with Gasteiger partial charge in [0.25, 0.3) is 0 Å². The molecule has 1 aromatic rings. The van der Waals surface area contributed by atoms with Gasteiger partial charge in [-0.15, -0.1) is 0 Å². The van der Waals surface area contributed by atoms with Gasteiger partial charge in [0.2, 0.25) is 0 Å². The summed E-state index contributed by atoms with van der Waals surface area (Å²) in [6.07, 6.45) is 2.85. The highest BCUT2D eigenvalue weighted by molar-refractivity contribution is 5.55. The molecule has 0 nitrogen and oxygen atoms in total. The van der Waals surface area contributed by atoms with E-state index in [2.05, 4.69) is 60.6 Å². The summed E-state index contributed by atoms with van der Waals surface area (Å²) < 4.78 is 0. The third-order valence-electron chi connectivity index (χ3n) is 5.70. The maximum absolute atomic E-state index is 2.48. The van der Waals surface area contributed by atoms with Gasteiger partial charge in [-0.25, -0.2) is 0 Å². The molecule has 2 aliphatic rings. The molecule has 3 unspecified atom stereocenters. The van der Waals surface area contributed by atoms with Crippen molar-refractivity contribution in [2.75, 3.05) is 0 Å². The van der Waals surface area contributed by atoms with Gasteiger partial charge in [0.05, 0.1) is 0 Å². The average molecular weight is 270 g/mol. The van der Waals surface area contributed by atoms with Gasteiger partial charge in [0.1, 0.15) is 0 Å². The molecule has 3 rings (SSSR count). The summed E-state index contributed by atoms with van der Waals surface area (Å²) in [7, 11) is 0. The number of benzene rings is 1. The van der Waals surface area contributed by atoms with Gasteiger partial charge in [0.15, 0.2) is 0 Å². The molecule has 2 aliphatic carbocycles. The van der Waals surface area contributed by atoms with Crippen LogP contribution in [0.2, 0.25) is 0 Å². The predicted molar refractivity (Wildman–Crippen MR) is 87.7 cm³/mol. The molecule has 0 bridgehead atoms. The van der Waals surface area contributed by atoms with Crippen LogP contribution in [0.15, 0.2) is 12.1 Å². The minimum absolute atomic E-state index is 0.262. The van der Waals surface area contributed by atoms with Crippen molar-refractivity contribution in [2.45, 2.75) is 84.0 Å². The molecular formula is C20H30. The van der Waals surface area contributed by atoms with Crippen molar-refractivity contribution in [3.63, 3.8) is 0 Å². The van der Waals surface area contributed by atoms with Crippen LogP contribution in [0.4, 0.5) is 0 Å². The molecular weight excluding hydrogens is 240 g/mol. The molecule has 110 valence electrons. The summed E-state index contributed by atoms with van der Waals surface area (Å²) >= 11 is 0. The fourth-order valence-corrected chi connectivity index (χ4v) is 4.53. The Labute approximate surface area is 125 Å². The highest BCUT2D eigenvalue weighted by atomic mass is 14.5. The second-order valence-electron chi connectivity index (χ2n) is 9.12. The number of rotatable bonds is 0. The number of fused-ring (bicyclic) bond motifs is 3. The molecule has 0 aliphatic heterocycles. The monoisotopic (exact) mass is 270 g/mol. The van der Waals surface area contributed by atoms with Gasteiger partial charge in [-0.3, -0.25) is 0 Å². The van der Waals surface area contributed by atoms with Crippen LogP contribution in [0.3, 0.4) is 0 Å². The van der Waals surface area contributed by atoms with E-state index < -0.39 is 0 Å². The SMILES string of the molecule is CC1c2c(C(C)(C)C)ccc(C(C)(C)C)c2C2CCC12. The predicted octanol–water partition coefficient (Wildman–Crippen LogP) is 5.89. The van der Waals surface area contributed by atoms with Crippen LogP contribution < -0.4 is 0 Å². The van der Waals surface area contributed by atoms with E-state index in [1.165, 1.54) is 12.8 Å². The molecule has 1 fully saturated rings. The Morgan fingerprint density at radius 1 is 0.800 bits per heavy atom. The number of hydrogen-bond acceptors (Lipinski definition) is 0. The lowest BCUT2D eigenvalue weighted by atomic mass is 9.69. The van der Waals surface area contributed by atoms with Crippen LogP contribution in [0.25, 0.3) is 0 Å². The fraction of sp³-hybridized carbons (Fsp3) is 0.700. The van der Waals surface area contributed by atoms with Crippen LogP contribution in [-0.4, -0.2) is 0 Å². The Morgan fingerprint density at radius 2 is 1.30 bits per heavy atom. The highest BCUT2D eigenvalue weighted by Crippen LogP contribution is 2.61. The Kier molecular flexibility index (Phi) is 2.92. The van der Waals surface area contributed by atoms with Crippen molar-refractivity contribution in [1.29, 1.82) is 0 Å². The zero-order chi connectivity index (χ0) is 14.9. The lowest BCUT2D eigenvalue weighted by Crippen LogP contribution is -2.23. The summed E-state index contributed by atoms with van der Waals surface area (Å²) in [4.78, 5) is 0. The maximum atomic E-state index is 2.48. The zero-order valence-corrected chi connectivity index (χ0v) is 14.3.